The lowest BCUT2D eigenvalue weighted by molar-refractivity contribution is -0.149. The topological polar surface area (TPSA) is 84.7 Å². The van der Waals surface area contributed by atoms with Gasteiger partial charge in [-0.15, -0.1) is 0 Å². The Morgan fingerprint density at radius 2 is 2.00 bits per heavy atom. The van der Waals surface area contributed by atoms with Gasteiger partial charge in [0.1, 0.15) is 6.04 Å². The molecular formula is C14H25N3O3. The van der Waals surface area contributed by atoms with E-state index in [0.717, 1.165) is 25.7 Å². The van der Waals surface area contributed by atoms with Gasteiger partial charge in [0, 0.05) is 26.1 Å². The van der Waals surface area contributed by atoms with E-state index < -0.39 is 6.04 Å². The molecule has 6 nitrogen and oxygen atoms in total. The van der Waals surface area contributed by atoms with Gasteiger partial charge in [-0.2, -0.15) is 0 Å². The number of hydrogen-bond donors (Lipinski definition) is 2. The monoisotopic (exact) mass is 283 g/mol. The quantitative estimate of drug-likeness (QED) is 0.755. The number of morpholine rings is 1. The molecule has 1 atom stereocenters. The maximum Gasteiger partial charge on any atom is 0.244 e. The number of amides is 2. The van der Waals surface area contributed by atoms with Crippen molar-refractivity contribution in [2.75, 3.05) is 26.8 Å². The van der Waals surface area contributed by atoms with Crippen LogP contribution in [0.15, 0.2) is 0 Å². The van der Waals surface area contributed by atoms with Crippen molar-refractivity contribution >= 4 is 11.8 Å². The van der Waals surface area contributed by atoms with E-state index in [9.17, 15) is 9.59 Å². The van der Waals surface area contributed by atoms with Crippen molar-refractivity contribution < 1.29 is 14.3 Å². The van der Waals surface area contributed by atoms with Gasteiger partial charge in [-0.25, -0.2) is 0 Å². The lowest BCUT2D eigenvalue weighted by Gasteiger charge is -2.36. The van der Waals surface area contributed by atoms with Crippen LogP contribution in [0.3, 0.4) is 0 Å². The van der Waals surface area contributed by atoms with Crippen LogP contribution in [0.5, 0.6) is 0 Å². The lowest BCUT2D eigenvalue weighted by Crippen LogP contribution is -2.55. The van der Waals surface area contributed by atoms with E-state index in [1.165, 1.54) is 0 Å². The zero-order valence-electron chi connectivity index (χ0n) is 12.1. The normalized spacial score (nSPS) is 30.9. The summed E-state index contributed by atoms with van der Waals surface area (Å²) in [7, 11) is 1.59. The molecular weight excluding hydrogens is 258 g/mol. The van der Waals surface area contributed by atoms with Crippen LogP contribution in [-0.4, -0.2) is 55.6 Å². The van der Waals surface area contributed by atoms with Crippen LogP contribution in [0.1, 0.15) is 32.1 Å². The van der Waals surface area contributed by atoms with Gasteiger partial charge in [0.25, 0.3) is 0 Å². The summed E-state index contributed by atoms with van der Waals surface area (Å²) in [5, 5.41) is 2.60. The number of carbonyl (C=O) groups is 2. The molecule has 114 valence electrons. The number of nitrogens with zero attached hydrogens (tertiary/aromatic N) is 1. The summed E-state index contributed by atoms with van der Waals surface area (Å²) in [5.74, 6) is 0.335. The molecule has 1 aliphatic heterocycles. The van der Waals surface area contributed by atoms with Gasteiger partial charge in [0.2, 0.25) is 11.8 Å². The summed E-state index contributed by atoms with van der Waals surface area (Å²) in [5.41, 5.74) is 5.89. The molecule has 2 rings (SSSR count). The van der Waals surface area contributed by atoms with Crippen LogP contribution in [-0.2, 0) is 14.3 Å². The van der Waals surface area contributed by atoms with Crippen molar-refractivity contribution in [1.29, 1.82) is 0 Å². The Balaban J connectivity index is 1.90. The Morgan fingerprint density at radius 1 is 1.30 bits per heavy atom. The summed E-state index contributed by atoms with van der Waals surface area (Å²) in [6.07, 6.45) is 4.56. The molecule has 3 N–H and O–H groups in total. The van der Waals surface area contributed by atoms with Crippen LogP contribution >= 0.6 is 0 Å². The Morgan fingerprint density at radius 3 is 2.65 bits per heavy atom. The number of rotatable bonds is 3. The number of likely N-dealkylation sites (N-methyl/N-ethyl adjacent to an activating group) is 1. The molecule has 2 aliphatic rings. The standard InChI is InChI=1S/C14H25N3O3/c1-16-14(19)12-9-20-7-6-17(12)13(18)8-10-2-4-11(15)5-3-10/h10-12H,2-9,15H2,1H3,(H,16,19). The minimum Gasteiger partial charge on any atom is -0.377 e. The molecule has 1 aliphatic carbocycles. The highest BCUT2D eigenvalue weighted by Crippen LogP contribution is 2.27. The van der Waals surface area contributed by atoms with Crippen LogP contribution < -0.4 is 11.1 Å². The van der Waals surface area contributed by atoms with Crippen molar-refractivity contribution in [1.82, 2.24) is 10.2 Å². The summed E-state index contributed by atoms with van der Waals surface area (Å²) in [6.45, 7) is 1.30. The molecule has 2 amide bonds. The molecule has 0 bridgehead atoms. The SMILES string of the molecule is CNC(=O)C1COCCN1C(=O)CC1CCC(N)CC1. The molecule has 20 heavy (non-hydrogen) atoms. The Hall–Kier alpha value is -1.14. The van der Waals surface area contributed by atoms with E-state index in [-0.39, 0.29) is 11.8 Å². The molecule has 0 aromatic rings. The van der Waals surface area contributed by atoms with Gasteiger partial charge in [0.05, 0.1) is 13.2 Å². The van der Waals surface area contributed by atoms with Gasteiger partial charge < -0.3 is 20.7 Å². The third-order valence-electron chi connectivity index (χ3n) is 4.35. The van der Waals surface area contributed by atoms with E-state index >= 15 is 0 Å². The van der Waals surface area contributed by atoms with Crippen LogP contribution in [0.4, 0.5) is 0 Å². The molecule has 1 heterocycles. The summed E-state index contributed by atoms with van der Waals surface area (Å²) in [6, 6.07) is -0.185. The number of nitrogens with one attached hydrogen (secondary N) is 1. The number of carbonyl (C=O) groups excluding carboxylic acids is 2. The van der Waals surface area contributed by atoms with Gasteiger partial charge >= 0.3 is 0 Å². The minimum atomic E-state index is -0.480. The van der Waals surface area contributed by atoms with Gasteiger partial charge in [-0.05, 0) is 31.6 Å². The van der Waals surface area contributed by atoms with Crippen molar-refractivity contribution in [3.05, 3.63) is 0 Å². The first-order valence-corrected chi connectivity index (χ1v) is 7.46. The Bertz CT molecular complexity index is 354. The van der Waals surface area contributed by atoms with Crippen molar-refractivity contribution in [2.24, 2.45) is 11.7 Å². The zero-order valence-corrected chi connectivity index (χ0v) is 12.1. The van der Waals surface area contributed by atoms with Crippen molar-refractivity contribution in [3.8, 4) is 0 Å². The first kappa shape index (κ1) is 15.3. The lowest BCUT2D eigenvalue weighted by atomic mass is 9.84. The van der Waals surface area contributed by atoms with Crippen LogP contribution in [0, 0.1) is 5.92 Å². The van der Waals surface area contributed by atoms with Gasteiger partial charge in [0.15, 0.2) is 0 Å². The fourth-order valence-corrected chi connectivity index (χ4v) is 3.04. The third kappa shape index (κ3) is 3.70. The molecule has 1 saturated carbocycles. The molecule has 2 fully saturated rings. The second-order valence-electron chi connectivity index (χ2n) is 5.78. The molecule has 0 spiro atoms. The number of nitrogens with two attached hydrogens (primary N) is 1. The summed E-state index contributed by atoms with van der Waals surface area (Å²) < 4.78 is 5.32. The van der Waals surface area contributed by atoms with Crippen LogP contribution in [0.25, 0.3) is 0 Å². The highest BCUT2D eigenvalue weighted by molar-refractivity contribution is 5.87. The Kier molecular flexibility index (Phi) is 5.37. The van der Waals surface area contributed by atoms with E-state index in [2.05, 4.69) is 5.32 Å². The second-order valence-corrected chi connectivity index (χ2v) is 5.78. The maximum absolute atomic E-state index is 12.4. The van der Waals surface area contributed by atoms with E-state index in [4.69, 9.17) is 10.5 Å². The average Bonchev–Trinajstić information content (AvgIpc) is 2.48. The van der Waals surface area contributed by atoms with Crippen LogP contribution in [0.2, 0.25) is 0 Å². The second kappa shape index (κ2) is 7.04. The first-order chi connectivity index (χ1) is 9.61. The van der Waals surface area contributed by atoms with Gasteiger partial charge in [-0.3, -0.25) is 9.59 Å². The van der Waals surface area contributed by atoms with E-state index in [1.807, 2.05) is 0 Å². The Labute approximate surface area is 120 Å². The third-order valence-corrected chi connectivity index (χ3v) is 4.35. The largest absolute Gasteiger partial charge is 0.377 e. The smallest absolute Gasteiger partial charge is 0.244 e. The molecule has 0 aromatic carbocycles. The first-order valence-electron chi connectivity index (χ1n) is 7.46. The van der Waals surface area contributed by atoms with Gasteiger partial charge in [-0.1, -0.05) is 0 Å². The summed E-state index contributed by atoms with van der Waals surface area (Å²) >= 11 is 0. The zero-order chi connectivity index (χ0) is 14.5. The molecule has 6 heteroatoms. The average molecular weight is 283 g/mol. The molecule has 0 radical (unpaired) electrons. The minimum absolute atomic E-state index is 0.0716. The predicted molar refractivity (Wildman–Crippen MR) is 74.9 cm³/mol. The number of hydrogen-bond acceptors (Lipinski definition) is 4. The highest BCUT2D eigenvalue weighted by atomic mass is 16.5. The number of ether oxygens (including phenoxy) is 1. The van der Waals surface area contributed by atoms with E-state index in [1.54, 1.807) is 11.9 Å². The summed E-state index contributed by atoms with van der Waals surface area (Å²) in [4.78, 5) is 25.9. The van der Waals surface area contributed by atoms with Crippen molar-refractivity contribution in [2.45, 2.75) is 44.2 Å². The fraction of sp³-hybridized carbons (Fsp3) is 0.857. The van der Waals surface area contributed by atoms with E-state index in [0.29, 0.717) is 38.1 Å². The predicted octanol–water partition coefficient (Wildman–Crippen LogP) is -0.133. The molecule has 0 aromatic heterocycles. The molecule has 1 saturated heterocycles. The maximum atomic E-state index is 12.4. The fourth-order valence-electron chi connectivity index (χ4n) is 3.04. The van der Waals surface area contributed by atoms with Crippen molar-refractivity contribution in [3.63, 3.8) is 0 Å². The highest BCUT2D eigenvalue weighted by Gasteiger charge is 2.33. The molecule has 1 unspecified atom stereocenters.